The Morgan fingerprint density at radius 2 is 1.47 bits per heavy atom. The lowest BCUT2D eigenvalue weighted by atomic mass is 9.89. The fourth-order valence-electron chi connectivity index (χ4n) is 3.26. The molecule has 3 aromatic rings. The minimum Gasteiger partial charge on any atom is -0.461 e. The number of hydrogen-bond donors (Lipinski definition) is 0. The highest BCUT2D eigenvalue weighted by Crippen LogP contribution is 2.26. The molecule has 0 bridgehead atoms. The molecule has 0 spiro atoms. The first-order valence-corrected chi connectivity index (χ1v) is 10.1. The number of esters is 1. The van der Waals surface area contributed by atoms with Gasteiger partial charge < -0.3 is 4.74 Å². The molecule has 0 N–H and O–H groups in total. The smallest absolute Gasteiger partial charge is 0.306 e. The predicted molar refractivity (Wildman–Crippen MR) is 120 cm³/mol. The standard InChI is InChI=1S/C27H26O3/c1-21-14-16-24(17-15-21)26(28)19-25(23-12-6-3-7-13-23)20-27(29)30-18-8-11-22-9-4-2-5-10-22/h2-17,25H,18-20H2,1H3/b11-8+. The minimum atomic E-state index is -0.307. The average molecular weight is 399 g/mol. The first-order valence-electron chi connectivity index (χ1n) is 10.1. The largest absolute Gasteiger partial charge is 0.461 e. The van der Waals surface area contributed by atoms with Gasteiger partial charge in [0.25, 0.3) is 0 Å². The molecule has 0 amide bonds. The number of benzene rings is 3. The van der Waals surface area contributed by atoms with Crippen LogP contribution in [0.15, 0.2) is 91.0 Å². The Labute approximate surface area is 178 Å². The summed E-state index contributed by atoms with van der Waals surface area (Å²) in [5.74, 6) is -0.496. The number of ether oxygens (including phenoxy) is 1. The van der Waals surface area contributed by atoms with E-state index in [1.807, 2.05) is 104 Å². The second kappa shape index (κ2) is 10.9. The second-order valence-corrected chi connectivity index (χ2v) is 7.30. The number of carbonyl (C=O) groups is 2. The number of Topliss-reactive ketones (excluding diaryl/α,β-unsaturated/α-hetero) is 1. The summed E-state index contributed by atoms with van der Waals surface area (Å²) in [4.78, 5) is 25.2. The molecule has 0 heterocycles. The first kappa shape index (κ1) is 21.3. The van der Waals surface area contributed by atoms with Crippen molar-refractivity contribution < 1.29 is 14.3 Å². The third kappa shape index (κ3) is 6.56. The summed E-state index contributed by atoms with van der Waals surface area (Å²) < 4.78 is 5.38. The van der Waals surface area contributed by atoms with Crippen molar-refractivity contribution in [2.75, 3.05) is 6.61 Å². The molecule has 0 aliphatic rings. The molecular formula is C27H26O3. The summed E-state index contributed by atoms with van der Waals surface area (Å²) in [6.07, 6.45) is 4.17. The van der Waals surface area contributed by atoms with Gasteiger partial charge in [0, 0.05) is 17.9 Å². The van der Waals surface area contributed by atoms with E-state index in [1.54, 1.807) is 0 Å². The van der Waals surface area contributed by atoms with Crippen molar-refractivity contribution in [2.45, 2.75) is 25.7 Å². The lowest BCUT2D eigenvalue weighted by Crippen LogP contribution is -2.14. The van der Waals surface area contributed by atoms with Crippen LogP contribution in [0.1, 0.15) is 45.8 Å². The highest BCUT2D eigenvalue weighted by atomic mass is 16.5. The van der Waals surface area contributed by atoms with Crippen LogP contribution in [0.5, 0.6) is 0 Å². The van der Waals surface area contributed by atoms with Gasteiger partial charge in [0.2, 0.25) is 0 Å². The Balaban J connectivity index is 1.61. The molecule has 1 unspecified atom stereocenters. The van der Waals surface area contributed by atoms with Gasteiger partial charge >= 0.3 is 5.97 Å². The van der Waals surface area contributed by atoms with Gasteiger partial charge in [-0.25, -0.2) is 0 Å². The molecule has 3 nitrogen and oxygen atoms in total. The van der Waals surface area contributed by atoms with E-state index < -0.39 is 0 Å². The van der Waals surface area contributed by atoms with Crippen molar-refractivity contribution in [1.29, 1.82) is 0 Å². The van der Waals surface area contributed by atoms with Crippen LogP contribution < -0.4 is 0 Å². The molecule has 3 heteroatoms. The van der Waals surface area contributed by atoms with Gasteiger partial charge in [-0.15, -0.1) is 0 Å². The Bertz CT molecular complexity index is 974. The van der Waals surface area contributed by atoms with Gasteiger partial charge in [-0.1, -0.05) is 96.6 Å². The fraction of sp³-hybridized carbons (Fsp3) is 0.185. The predicted octanol–water partition coefficient (Wildman–Crippen LogP) is 6.00. The maximum absolute atomic E-state index is 12.8. The van der Waals surface area contributed by atoms with Gasteiger partial charge in [0.15, 0.2) is 5.78 Å². The Morgan fingerprint density at radius 3 is 2.13 bits per heavy atom. The zero-order valence-corrected chi connectivity index (χ0v) is 17.2. The Kier molecular flexibility index (Phi) is 7.73. The van der Waals surface area contributed by atoms with Gasteiger partial charge in [-0.05, 0) is 24.1 Å². The van der Waals surface area contributed by atoms with Crippen LogP contribution in [0.25, 0.3) is 6.08 Å². The number of rotatable bonds is 9. The van der Waals surface area contributed by atoms with E-state index in [-0.39, 0.29) is 37.1 Å². The number of hydrogen-bond acceptors (Lipinski definition) is 3. The van der Waals surface area contributed by atoms with Crippen LogP contribution in [0.3, 0.4) is 0 Å². The van der Waals surface area contributed by atoms with Crippen LogP contribution in [-0.4, -0.2) is 18.4 Å². The van der Waals surface area contributed by atoms with Gasteiger partial charge in [0.1, 0.15) is 6.61 Å². The van der Waals surface area contributed by atoms with E-state index in [0.717, 1.165) is 16.7 Å². The summed E-state index contributed by atoms with van der Waals surface area (Å²) in [5.41, 5.74) is 3.80. The molecular weight excluding hydrogens is 372 g/mol. The summed E-state index contributed by atoms with van der Waals surface area (Å²) in [7, 11) is 0. The van der Waals surface area contributed by atoms with E-state index in [9.17, 15) is 9.59 Å². The van der Waals surface area contributed by atoms with Crippen molar-refractivity contribution in [3.05, 3.63) is 113 Å². The molecule has 152 valence electrons. The second-order valence-electron chi connectivity index (χ2n) is 7.30. The number of aryl methyl sites for hydroxylation is 1. The molecule has 0 saturated heterocycles. The van der Waals surface area contributed by atoms with Crippen molar-refractivity contribution in [3.8, 4) is 0 Å². The van der Waals surface area contributed by atoms with Crippen molar-refractivity contribution in [2.24, 2.45) is 0 Å². The summed E-state index contributed by atoms with van der Waals surface area (Å²) >= 11 is 0. The quantitative estimate of drug-likeness (QED) is 0.328. The maximum atomic E-state index is 12.8. The van der Waals surface area contributed by atoms with Crippen LogP contribution in [0, 0.1) is 6.92 Å². The minimum absolute atomic E-state index is 0.0284. The molecule has 0 aliphatic heterocycles. The lowest BCUT2D eigenvalue weighted by molar-refractivity contribution is -0.142. The third-order valence-electron chi connectivity index (χ3n) is 4.94. The zero-order valence-electron chi connectivity index (χ0n) is 17.2. The first-order chi connectivity index (χ1) is 14.6. The van der Waals surface area contributed by atoms with Crippen molar-refractivity contribution in [1.82, 2.24) is 0 Å². The lowest BCUT2D eigenvalue weighted by Gasteiger charge is -2.16. The van der Waals surface area contributed by atoms with Crippen molar-refractivity contribution in [3.63, 3.8) is 0 Å². The normalized spacial score (nSPS) is 11.9. The molecule has 30 heavy (non-hydrogen) atoms. The molecule has 3 aromatic carbocycles. The summed E-state index contributed by atoms with van der Waals surface area (Å²) in [6.45, 7) is 2.20. The van der Waals surface area contributed by atoms with Crippen LogP contribution in [0.4, 0.5) is 0 Å². The molecule has 1 atom stereocenters. The fourth-order valence-corrected chi connectivity index (χ4v) is 3.26. The third-order valence-corrected chi connectivity index (χ3v) is 4.94. The van der Waals surface area contributed by atoms with Gasteiger partial charge in [-0.3, -0.25) is 9.59 Å². The zero-order chi connectivity index (χ0) is 21.2. The Morgan fingerprint density at radius 1 is 0.833 bits per heavy atom. The molecule has 3 rings (SSSR count). The molecule has 0 aliphatic carbocycles. The van der Waals surface area contributed by atoms with Crippen LogP contribution in [0.2, 0.25) is 0 Å². The van der Waals surface area contributed by atoms with E-state index in [4.69, 9.17) is 4.74 Å². The highest BCUT2D eigenvalue weighted by molar-refractivity contribution is 5.96. The molecule has 0 radical (unpaired) electrons. The number of ketones is 1. The SMILES string of the molecule is Cc1ccc(C(=O)CC(CC(=O)OC/C=C/c2ccccc2)c2ccccc2)cc1. The number of carbonyl (C=O) groups excluding carboxylic acids is 2. The highest BCUT2D eigenvalue weighted by Gasteiger charge is 2.21. The average Bonchev–Trinajstić information content (AvgIpc) is 2.78. The van der Waals surface area contributed by atoms with E-state index in [2.05, 4.69) is 0 Å². The van der Waals surface area contributed by atoms with E-state index >= 15 is 0 Å². The molecule has 0 fully saturated rings. The van der Waals surface area contributed by atoms with Crippen LogP contribution in [-0.2, 0) is 9.53 Å². The summed E-state index contributed by atoms with van der Waals surface area (Å²) in [6, 6.07) is 27.1. The van der Waals surface area contributed by atoms with Crippen LogP contribution >= 0.6 is 0 Å². The van der Waals surface area contributed by atoms with E-state index in [1.165, 1.54) is 0 Å². The maximum Gasteiger partial charge on any atom is 0.306 e. The monoisotopic (exact) mass is 398 g/mol. The molecule has 0 aromatic heterocycles. The molecule has 0 saturated carbocycles. The van der Waals surface area contributed by atoms with Crippen molar-refractivity contribution >= 4 is 17.8 Å². The topological polar surface area (TPSA) is 43.4 Å². The van der Waals surface area contributed by atoms with Gasteiger partial charge in [-0.2, -0.15) is 0 Å². The van der Waals surface area contributed by atoms with E-state index in [0.29, 0.717) is 5.56 Å². The van der Waals surface area contributed by atoms with Gasteiger partial charge in [0.05, 0.1) is 6.42 Å². The summed E-state index contributed by atoms with van der Waals surface area (Å²) in [5, 5.41) is 0. The Hall–Kier alpha value is -3.46.